The third-order valence-corrected chi connectivity index (χ3v) is 7.02. The fourth-order valence-electron chi connectivity index (χ4n) is 4.70. The minimum absolute atomic E-state index is 0.0313. The number of hydrogen-bond donors (Lipinski definition) is 4. The maximum atomic E-state index is 13.0. The number of carbonyl (C=O) groups excluding carboxylic acids is 1. The highest BCUT2D eigenvalue weighted by molar-refractivity contribution is 6.30. The third kappa shape index (κ3) is 8.87. The van der Waals surface area contributed by atoms with Crippen molar-refractivity contribution in [2.45, 2.75) is 56.7 Å². The number of nitrogens with one attached hydrogen (secondary N) is 1. The first-order valence-electron chi connectivity index (χ1n) is 13.5. The number of aliphatic imine (C=N–C) groups is 1. The molecule has 1 aliphatic rings. The predicted octanol–water partition coefficient (Wildman–Crippen LogP) is 2.87. The lowest BCUT2D eigenvalue weighted by Gasteiger charge is -2.44. The Kier molecular flexibility index (Phi) is 11.3. The molecule has 0 aromatic heterocycles. The van der Waals surface area contributed by atoms with Crippen molar-refractivity contribution >= 4 is 34.2 Å². The van der Waals surface area contributed by atoms with Gasteiger partial charge in [0.1, 0.15) is 24.4 Å². The molecule has 6 N–H and O–H groups in total. The molecular formula is C30H37ClN4O6. The first-order valence-corrected chi connectivity index (χ1v) is 13.8. The van der Waals surface area contributed by atoms with E-state index in [1.807, 2.05) is 54.6 Å². The van der Waals surface area contributed by atoms with Crippen molar-refractivity contribution in [2.24, 2.45) is 16.5 Å². The van der Waals surface area contributed by atoms with Crippen LogP contribution < -0.4 is 16.8 Å². The van der Waals surface area contributed by atoms with Gasteiger partial charge in [0.15, 0.2) is 12.2 Å². The number of fused-ring (bicyclic) bond motifs is 1. The number of halogens is 1. The Morgan fingerprint density at radius 1 is 1.02 bits per heavy atom. The number of guanidine groups is 1. The monoisotopic (exact) mass is 584 g/mol. The molecule has 3 aromatic carbocycles. The average molecular weight is 585 g/mol. The van der Waals surface area contributed by atoms with Crippen molar-refractivity contribution in [3.8, 4) is 0 Å². The lowest BCUT2D eigenvalue weighted by Crippen LogP contribution is -2.65. The lowest BCUT2D eigenvalue weighted by atomic mass is 9.96. The van der Waals surface area contributed by atoms with Crippen LogP contribution in [-0.2, 0) is 37.0 Å². The Morgan fingerprint density at radius 3 is 2.46 bits per heavy atom. The zero-order valence-corrected chi connectivity index (χ0v) is 23.7. The first kappa shape index (κ1) is 30.7. The van der Waals surface area contributed by atoms with Crippen molar-refractivity contribution in [1.82, 2.24) is 5.32 Å². The number of hydrogen-bond acceptors (Lipinski definition) is 7. The average Bonchev–Trinajstić information content (AvgIpc) is 2.96. The maximum absolute atomic E-state index is 13.0. The molecule has 0 radical (unpaired) electrons. The number of aliphatic hydroxyl groups excluding tert-OH is 1. The quantitative estimate of drug-likeness (QED) is 0.136. The Bertz CT molecular complexity index is 1300. The molecule has 0 spiro atoms. The molecule has 11 heteroatoms. The molecule has 3 aromatic rings. The minimum Gasteiger partial charge on any atom is -0.388 e. The van der Waals surface area contributed by atoms with Gasteiger partial charge in [-0.15, -0.1) is 0 Å². The van der Waals surface area contributed by atoms with Gasteiger partial charge in [0.25, 0.3) is 0 Å². The van der Waals surface area contributed by atoms with Gasteiger partial charge in [-0.25, -0.2) is 0 Å². The largest absolute Gasteiger partial charge is 0.388 e. The van der Waals surface area contributed by atoms with Gasteiger partial charge in [-0.05, 0) is 46.5 Å². The second-order valence-electron chi connectivity index (χ2n) is 9.89. The van der Waals surface area contributed by atoms with Crippen molar-refractivity contribution < 1.29 is 28.8 Å². The van der Waals surface area contributed by atoms with Crippen LogP contribution in [0.4, 0.5) is 0 Å². The van der Waals surface area contributed by atoms with Gasteiger partial charge in [-0.2, -0.15) is 0 Å². The van der Waals surface area contributed by atoms with Crippen molar-refractivity contribution in [1.29, 1.82) is 0 Å². The Labute approximate surface area is 244 Å². The van der Waals surface area contributed by atoms with Crippen LogP contribution in [0.1, 0.15) is 24.0 Å². The summed E-state index contributed by atoms with van der Waals surface area (Å²) in [4.78, 5) is 16.9. The standard InChI is InChI=1S/C30H37ClN4O6/c1-38-18-24-27(37)28(39-17-20-8-11-21-5-2-3-6-22(21)15-20)26(35-25(36)7-4-14-34-30(32)33)29(41-24)40-16-19-9-12-23(31)13-10-19/h2-3,5-6,8-13,15,24,26-29,37H,4,7,14,16-18H2,1H3,(H,35,36)(H4,32,33,34)/t24-,26-,27-,28+,29?/m1/s1. The number of nitrogens with two attached hydrogens (primary N) is 2. The van der Waals surface area contributed by atoms with Crippen molar-refractivity contribution in [3.05, 3.63) is 82.9 Å². The van der Waals surface area contributed by atoms with E-state index in [9.17, 15) is 9.90 Å². The molecule has 10 nitrogen and oxygen atoms in total. The van der Waals surface area contributed by atoms with Gasteiger partial charge >= 0.3 is 0 Å². The molecule has 0 bridgehead atoms. The second-order valence-corrected chi connectivity index (χ2v) is 10.3. The number of ether oxygens (including phenoxy) is 4. The summed E-state index contributed by atoms with van der Waals surface area (Å²) in [5.41, 5.74) is 12.6. The number of aliphatic hydroxyl groups is 1. The highest BCUT2D eigenvalue weighted by Gasteiger charge is 2.47. The summed E-state index contributed by atoms with van der Waals surface area (Å²) in [5, 5.41) is 17.1. The van der Waals surface area contributed by atoms with Crippen LogP contribution in [0.2, 0.25) is 5.02 Å². The van der Waals surface area contributed by atoms with E-state index in [1.54, 1.807) is 12.1 Å². The van der Waals surface area contributed by atoms with E-state index in [1.165, 1.54) is 7.11 Å². The molecule has 1 amide bonds. The number of nitrogens with zero attached hydrogens (tertiary/aromatic N) is 1. The van der Waals surface area contributed by atoms with Gasteiger partial charge in [0.2, 0.25) is 5.91 Å². The number of rotatable bonds is 13. The van der Waals surface area contributed by atoms with Crippen LogP contribution in [0.5, 0.6) is 0 Å². The van der Waals surface area contributed by atoms with Gasteiger partial charge in [0.05, 0.1) is 19.8 Å². The Balaban J connectivity index is 1.54. The molecule has 41 heavy (non-hydrogen) atoms. The normalized spacial score (nSPS) is 22.4. The summed E-state index contributed by atoms with van der Waals surface area (Å²) in [6, 6.07) is 20.5. The zero-order chi connectivity index (χ0) is 29.2. The van der Waals surface area contributed by atoms with Crippen molar-refractivity contribution in [3.63, 3.8) is 0 Å². The summed E-state index contributed by atoms with van der Waals surface area (Å²) in [6.07, 6.45) is -3.04. The van der Waals surface area contributed by atoms with E-state index in [4.69, 9.17) is 42.0 Å². The zero-order valence-electron chi connectivity index (χ0n) is 22.9. The molecule has 4 rings (SSSR count). The third-order valence-electron chi connectivity index (χ3n) is 6.77. The van der Waals surface area contributed by atoms with Gasteiger partial charge < -0.3 is 40.8 Å². The summed E-state index contributed by atoms with van der Waals surface area (Å²) < 4.78 is 23.9. The molecule has 5 atom stereocenters. The molecule has 0 saturated carbocycles. The highest BCUT2D eigenvalue weighted by atomic mass is 35.5. The Hall–Kier alpha value is -3.25. The van der Waals surface area contributed by atoms with E-state index < -0.39 is 30.6 Å². The second kappa shape index (κ2) is 15.1. The Morgan fingerprint density at radius 2 is 1.73 bits per heavy atom. The highest BCUT2D eigenvalue weighted by Crippen LogP contribution is 2.27. The van der Waals surface area contributed by atoms with Crippen LogP contribution in [0.25, 0.3) is 10.8 Å². The number of methoxy groups -OCH3 is 1. The van der Waals surface area contributed by atoms with E-state index in [0.717, 1.165) is 21.9 Å². The summed E-state index contributed by atoms with van der Waals surface area (Å²) >= 11 is 6.02. The van der Waals surface area contributed by atoms with Crippen LogP contribution in [0, 0.1) is 0 Å². The molecular weight excluding hydrogens is 548 g/mol. The van der Waals surface area contributed by atoms with Crippen LogP contribution >= 0.6 is 11.6 Å². The van der Waals surface area contributed by atoms with Gasteiger partial charge in [-0.3, -0.25) is 9.79 Å². The van der Waals surface area contributed by atoms with Crippen LogP contribution in [-0.4, -0.2) is 67.9 Å². The number of benzene rings is 3. The summed E-state index contributed by atoms with van der Waals surface area (Å²) in [7, 11) is 1.52. The molecule has 1 aliphatic heterocycles. The molecule has 1 saturated heterocycles. The fourth-order valence-corrected chi connectivity index (χ4v) is 4.83. The summed E-state index contributed by atoms with van der Waals surface area (Å²) in [5.74, 6) is -0.308. The molecule has 1 unspecified atom stereocenters. The fraction of sp³-hybridized carbons (Fsp3) is 0.400. The van der Waals surface area contributed by atoms with E-state index in [2.05, 4.69) is 10.3 Å². The molecule has 1 fully saturated rings. The number of amides is 1. The summed E-state index contributed by atoms with van der Waals surface area (Å²) in [6.45, 7) is 0.809. The van der Waals surface area contributed by atoms with E-state index >= 15 is 0 Å². The van der Waals surface area contributed by atoms with E-state index in [0.29, 0.717) is 18.0 Å². The van der Waals surface area contributed by atoms with Crippen LogP contribution in [0.15, 0.2) is 71.7 Å². The predicted molar refractivity (Wildman–Crippen MR) is 157 cm³/mol. The van der Waals surface area contributed by atoms with Gasteiger partial charge in [-0.1, -0.05) is 60.1 Å². The molecule has 0 aliphatic carbocycles. The first-order chi connectivity index (χ1) is 19.8. The van der Waals surface area contributed by atoms with Crippen molar-refractivity contribution in [2.75, 3.05) is 20.3 Å². The smallest absolute Gasteiger partial charge is 0.220 e. The lowest BCUT2D eigenvalue weighted by molar-refractivity contribution is -0.282. The SMILES string of the molecule is COC[C@H]1OC(OCc2ccc(Cl)cc2)[C@H](NC(=O)CCCN=C(N)N)[C@H](OCc2ccc3ccccc3c2)[C@@H]1O. The number of carbonyl (C=O) groups is 1. The van der Waals surface area contributed by atoms with Gasteiger partial charge in [0, 0.05) is 25.1 Å². The van der Waals surface area contributed by atoms with Crippen LogP contribution in [0.3, 0.4) is 0 Å². The molecule has 1 heterocycles. The molecule has 220 valence electrons. The maximum Gasteiger partial charge on any atom is 0.220 e. The van der Waals surface area contributed by atoms with E-state index in [-0.39, 0.29) is 38.1 Å². The minimum atomic E-state index is -1.10. The topological polar surface area (TPSA) is 151 Å².